The molecule has 0 N–H and O–H groups in total. The highest BCUT2D eigenvalue weighted by Crippen LogP contribution is 2.29. The topological polar surface area (TPSA) is 43.1 Å². The van der Waals surface area contributed by atoms with E-state index in [-0.39, 0.29) is 4.92 Å². The minimum Gasteiger partial charge on any atom is -0.259 e. The highest BCUT2D eigenvalue weighted by molar-refractivity contribution is 5.82. The van der Waals surface area contributed by atoms with Gasteiger partial charge in [0.2, 0.25) is 6.20 Å². The second kappa shape index (κ2) is 5.92. The summed E-state index contributed by atoms with van der Waals surface area (Å²) in [5, 5.41) is 11.0. The van der Waals surface area contributed by atoms with Crippen LogP contribution in [-0.4, -0.2) is 4.92 Å². The number of nitrogens with zero attached hydrogens (tertiary/aromatic N) is 1. The molecule has 0 bridgehead atoms. The highest BCUT2D eigenvalue weighted by Gasteiger charge is 2.14. The van der Waals surface area contributed by atoms with E-state index in [9.17, 15) is 10.1 Å². The van der Waals surface area contributed by atoms with Crippen molar-refractivity contribution >= 4 is 5.57 Å². The Labute approximate surface area is 125 Å². The van der Waals surface area contributed by atoms with Crippen molar-refractivity contribution in [3.05, 3.63) is 86.1 Å². The molecule has 0 spiro atoms. The lowest BCUT2D eigenvalue weighted by Gasteiger charge is -2.13. The van der Waals surface area contributed by atoms with Crippen molar-refractivity contribution in [2.24, 2.45) is 0 Å². The van der Waals surface area contributed by atoms with Crippen molar-refractivity contribution in [1.29, 1.82) is 0 Å². The molecule has 0 atom stereocenters. The molecule has 2 aromatic rings. The monoisotopic (exact) mass is 281 g/mol. The fourth-order valence-electron chi connectivity index (χ4n) is 2.62. The first-order chi connectivity index (χ1) is 9.88. The Morgan fingerprint density at radius 2 is 1.33 bits per heavy atom. The second-order valence-electron chi connectivity index (χ2n) is 5.46. The minimum absolute atomic E-state index is 0.381. The Balaban J connectivity index is 2.67. The SMILES string of the molecule is Cc1ccc(C(=C[N+](=O)[O-])c2ccc(C)cc2C)c(C)c1. The van der Waals surface area contributed by atoms with Crippen LogP contribution < -0.4 is 0 Å². The number of benzene rings is 2. The molecule has 0 aliphatic carbocycles. The fourth-order valence-corrected chi connectivity index (χ4v) is 2.62. The summed E-state index contributed by atoms with van der Waals surface area (Å²) in [6.45, 7) is 8.01. The zero-order chi connectivity index (χ0) is 15.6. The van der Waals surface area contributed by atoms with Crippen molar-refractivity contribution in [1.82, 2.24) is 0 Å². The van der Waals surface area contributed by atoms with Crippen LogP contribution in [0.4, 0.5) is 0 Å². The summed E-state index contributed by atoms with van der Waals surface area (Å²) in [5.41, 5.74) is 6.87. The maximum absolute atomic E-state index is 11.0. The van der Waals surface area contributed by atoms with Crippen molar-refractivity contribution < 1.29 is 4.92 Å². The van der Waals surface area contributed by atoms with Crippen molar-refractivity contribution in [2.45, 2.75) is 27.7 Å². The molecule has 0 aliphatic rings. The van der Waals surface area contributed by atoms with E-state index in [1.165, 1.54) is 0 Å². The maximum atomic E-state index is 11.0. The van der Waals surface area contributed by atoms with E-state index >= 15 is 0 Å². The van der Waals surface area contributed by atoms with Crippen LogP contribution >= 0.6 is 0 Å². The van der Waals surface area contributed by atoms with Gasteiger partial charge in [-0.05, 0) is 49.9 Å². The molecule has 3 heteroatoms. The molecule has 0 saturated carbocycles. The molecule has 0 aromatic heterocycles. The van der Waals surface area contributed by atoms with Crippen molar-refractivity contribution in [3.63, 3.8) is 0 Å². The van der Waals surface area contributed by atoms with E-state index in [1.54, 1.807) is 0 Å². The van der Waals surface area contributed by atoms with Crippen molar-refractivity contribution in [2.75, 3.05) is 0 Å². The van der Waals surface area contributed by atoms with E-state index in [2.05, 4.69) is 0 Å². The molecule has 0 heterocycles. The summed E-state index contributed by atoms with van der Waals surface area (Å²) in [5.74, 6) is 0. The third-order valence-electron chi connectivity index (χ3n) is 3.58. The number of hydrogen-bond donors (Lipinski definition) is 0. The summed E-state index contributed by atoms with van der Waals surface area (Å²) < 4.78 is 0. The third-order valence-corrected chi connectivity index (χ3v) is 3.58. The zero-order valence-corrected chi connectivity index (χ0v) is 12.8. The van der Waals surface area contributed by atoms with Crippen LogP contribution in [0, 0.1) is 37.8 Å². The van der Waals surface area contributed by atoms with Crippen LogP contribution in [0.3, 0.4) is 0 Å². The number of hydrogen-bond acceptors (Lipinski definition) is 2. The first kappa shape index (κ1) is 15.0. The molecular weight excluding hydrogens is 262 g/mol. The van der Waals surface area contributed by atoms with Crippen LogP contribution in [0.25, 0.3) is 5.57 Å². The van der Waals surface area contributed by atoms with E-state index in [0.29, 0.717) is 5.57 Å². The average Bonchev–Trinajstić information content (AvgIpc) is 2.36. The third kappa shape index (κ3) is 3.37. The summed E-state index contributed by atoms with van der Waals surface area (Å²) >= 11 is 0. The maximum Gasteiger partial charge on any atom is 0.242 e. The van der Waals surface area contributed by atoms with Crippen LogP contribution in [0.15, 0.2) is 42.6 Å². The standard InChI is InChI=1S/C18H19NO2/c1-12-5-7-16(14(3)9-12)18(11-19(20)21)17-8-6-13(2)10-15(17)4/h5-11H,1-4H3. The van der Waals surface area contributed by atoms with Gasteiger partial charge in [-0.3, -0.25) is 10.1 Å². The summed E-state index contributed by atoms with van der Waals surface area (Å²) in [7, 11) is 0. The first-order valence-corrected chi connectivity index (χ1v) is 6.89. The van der Waals surface area contributed by atoms with E-state index in [4.69, 9.17) is 0 Å². The molecule has 0 aliphatic heterocycles. The predicted octanol–water partition coefficient (Wildman–Crippen LogP) is 4.59. The quantitative estimate of drug-likeness (QED) is 0.610. The molecule has 2 rings (SSSR count). The van der Waals surface area contributed by atoms with Crippen LogP contribution in [0.2, 0.25) is 0 Å². The van der Waals surface area contributed by atoms with Crippen LogP contribution in [0.5, 0.6) is 0 Å². The van der Waals surface area contributed by atoms with E-state index in [0.717, 1.165) is 39.6 Å². The van der Waals surface area contributed by atoms with Gasteiger partial charge in [0, 0.05) is 0 Å². The van der Waals surface area contributed by atoms with Gasteiger partial charge in [0.15, 0.2) is 0 Å². The van der Waals surface area contributed by atoms with Crippen molar-refractivity contribution in [3.8, 4) is 0 Å². The van der Waals surface area contributed by atoms with E-state index in [1.807, 2.05) is 64.1 Å². The Hall–Kier alpha value is -2.42. The van der Waals surface area contributed by atoms with Gasteiger partial charge in [-0.2, -0.15) is 0 Å². The van der Waals surface area contributed by atoms with E-state index < -0.39 is 0 Å². The van der Waals surface area contributed by atoms with Gasteiger partial charge in [0.1, 0.15) is 0 Å². The summed E-state index contributed by atoms with van der Waals surface area (Å²) in [6, 6.07) is 12.0. The van der Waals surface area contributed by atoms with Gasteiger partial charge in [-0.25, -0.2) is 0 Å². The molecule has 0 saturated heterocycles. The number of aryl methyl sites for hydroxylation is 4. The Morgan fingerprint density at radius 3 is 1.67 bits per heavy atom. The van der Waals surface area contributed by atoms with Gasteiger partial charge >= 0.3 is 0 Å². The molecule has 0 fully saturated rings. The zero-order valence-electron chi connectivity index (χ0n) is 12.8. The average molecular weight is 281 g/mol. The van der Waals surface area contributed by atoms with Crippen LogP contribution in [0.1, 0.15) is 33.4 Å². The highest BCUT2D eigenvalue weighted by atomic mass is 16.6. The predicted molar refractivity (Wildman–Crippen MR) is 85.9 cm³/mol. The van der Waals surface area contributed by atoms with Gasteiger partial charge in [-0.15, -0.1) is 0 Å². The molecule has 108 valence electrons. The first-order valence-electron chi connectivity index (χ1n) is 6.89. The molecule has 3 nitrogen and oxygen atoms in total. The minimum atomic E-state index is -0.381. The van der Waals surface area contributed by atoms with Gasteiger partial charge < -0.3 is 0 Å². The normalized spacial score (nSPS) is 10.3. The Morgan fingerprint density at radius 1 is 0.905 bits per heavy atom. The lowest BCUT2D eigenvalue weighted by atomic mass is 9.91. The Kier molecular flexibility index (Phi) is 4.22. The molecule has 0 radical (unpaired) electrons. The van der Waals surface area contributed by atoms with Gasteiger partial charge in [0.05, 0.1) is 10.5 Å². The van der Waals surface area contributed by atoms with Crippen LogP contribution in [-0.2, 0) is 0 Å². The molecule has 21 heavy (non-hydrogen) atoms. The van der Waals surface area contributed by atoms with Gasteiger partial charge in [0.25, 0.3) is 0 Å². The second-order valence-corrected chi connectivity index (χ2v) is 5.46. The molecular formula is C18H19NO2. The summed E-state index contributed by atoms with van der Waals surface area (Å²) in [6.07, 6.45) is 1.11. The largest absolute Gasteiger partial charge is 0.259 e. The Bertz CT molecular complexity index is 676. The number of nitro groups is 1. The molecule has 0 unspecified atom stereocenters. The lowest BCUT2D eigenvalue weighted by Crippen LogP contribution is -1.98. The smallest absolute Gasteiger partial charge is 0.242 e. The fraction of sp³-hybridized carbons (Fsp3) is 0.222. The lowest BCUT2D eigenvalue weighted by molar-refractivity contribution is -0.401. The van der Waals surface area contributed by atoms with Gasteiger partial charge in [-0.1, -0.05) is 47.5 Å². The number of rotatable bonds is 3. The summed E-state index contributed by atoms with van der Waals surface area (Å²) in [4.78, 5) is 10.7. The molecule has 2 aromatic carbocycles. The molecule has 0 amide bonds.